The van der Waals surface area contributed by atoms with Crippen LogP contribution in [-0.2, 0) is 4.79 Å². The molecule has 0 radical (unpaired) electrons. The van der Waals surface area contributed by atoms with Gasteiger partial charge in [-0.3, -0.25) is 9.59 Å². The molecule has 24 heavy (non-hydrogen) atoms. The van der Waals surface area contributed by atoms with Gasteiger partial charge in [0.2, 0.25) is 5.91 Å². The summed E-state index contributed by atoms with van der Waals surface area (Å²) in [7, 11) is 1.59. The van der Waals surface area contributed by atoms with Crippen molar-refractivity contribution in [3.8, 4) is 5.75 Å². The molecule has 0 unspecified atom stereocenters. The molecule has 1 heterocycles. The van der Waals surface area contributed by atoms with E-state index in [2.05, 4.69) is 0 Å². The van der Waals surface area contributed by atoms with Crippen LogP contribution in [0.2, 0.25) is 0 Å². The summed E-state index contributed by atoms with van der Waals surface area (Å²) in [4.78, 5) is 28.8. The monoisotopic (exact) mass is 332 g/mol. The van der Waals surface area contributed by atoms with E-state index in [-0.39, 0.29) is 17.7 Å². The maximum Gasteiger partial charge on any atom is 0.257 e. The van der Waals surface area contributed by atoms with Crippen molar-refractivity contribution >= 4 is 11.8 Å². The molecule has 2 rings (SSSR count). The van der Waals surface area contributed by atoms with E-state index in [1.54, 1.807) is 7.11 Å². The Kier molecular flexibility index (Phi) is 5.86. The lowest BCUT2D eigenvalue weighted by molar-refractivity contribution is -0.134. The molecule has 0 saturated carbocycles. The molecule has 1 aliphatic rings. The average Bonchev–Trinajstić information content (AvgIpc) is 2.81. The third-order valence-corrected chi connectivity index (χ3v) is 4.63. The van der Waals surface area contributed by atoms with Gasteiger partial charge in [0, 0.05) is 32.1 Å². The second-order valence-electron chi connectivity index (χ2n) is 6.76. The average molecular weight is 332 g/mol. The van der Waals surface area contributed by atoms with Gasteiger partial charge in [-0.25, -0.2) is 0 Å². The van der Waals surface area contributed by atoms with Crippen molar-refractivity contribution in [3.05, 3.63) is 28.8 Å². The van der Waals surface area contributed by atoms with Crippen molar-refractivity contribution in [3.63, 3.8) is 0 Å². The molecule has 132 valence electrons. The van der Waals surface area contributed by atoms with Gasteiger partial charge in [0.05, 0.1) is 12.7 Å². The van der Waals surface area contributed by atoms with Crippen molar-refractivity contribution in [2.75, 3.05) is 33.3 Å². The highest BCUT2D eigenvalue weighted by Crippen LogP contribution is 2.25. The van der Waals surface area contributed by atoms with Crippen molar-refractivity contribution in [1.82, 2.24) is 9.80 Å². The Labute approximate surface area is 144 Å². The van der Waals surface area contributed by atoms with E-state index >= 15 is 0 Å². The number of amides is 2. The largest absolute Gasteiger partial charge is 0.496 e. The van der Waals surface area contributed by atoms with Gasteiger partial charge in [0.15, 0.2) is 0 Å². The number of carbonyl (C=O) groups excluding carboxylic acids is 2. The summed E-state index contributed by atoms with van der Waals surface area (Å²) < 4.78 is 5.40. The minimum Gasteiger partial charge on any atom is -0.496 e. The first-order chi connectivity index (χ1) is 11.3. The zero-order valence-electron chi connectivity index (χ0n) is 15.4. The minimum absolute atomic E-state index is 0.00732. The summed E-state index contributed by atoms with van der Waals surface area (Å²) >= 11 is 0. The first-order valence-electron chi connectivity index (χ1n) is 8.58. The summed E-state index contributed by atoms with van der Waals surface area (Å²) in [5, 5.41) is 0. The Bertz CT molecular complexity index is 625. The molecule has 1 saturated heterocycles. The second-order valence-corrected chi connectivity index (χ2v) is 6.76. The normalized spacial score (nSPS) is 15.4. The fourth-order valence-electron chi connectivity index (χ4n) is 3.00. The van der Waals surface area contributed by atoms with Crippen LogP contribution >= 0.6 is 0 Å². The zero-order chi connectivity index (χ0) is 17.9. The summed E-state index contributed by atoms with van der Waals surface area (Å²) in [5.41, 5.74) is 2.78. The van der Waals surface area contributed by atoms with E-state index in [0.717, 1.165) is 17.5 Å². The van der Waals surface area contributed by atoms with Crippen LogP contribution in [-0.4, -0.2) is 54.9 Å². The summed E-state index contributed by atoms with van der Waals surface area (Å²) in [5.74, 6) is 0.747. The number of hydrogen-bond donors (Lipinski definition) is 0. The lowest BCUT2D eigenvalue weighted by Crippen LogP contribution is -2.39. The Morgan fingerprint density at radius 2 is 1.58 bits per heavy atom. The number of aryl methyl sites for hydroxylation is 2. The summed E-state index contributed by atoms with van der Waals surface area (Å²) in [6, 6.07) is 3.81. The third-order valence-electron chi connectivity index (χ3n) is 4.63. The summed E-state index contributed by atoms with van der Waals surface area (Å²) in [6.45, 7) is 10.4. The molecule has 0 atom stereocenters. The van der Waals surface area contributed by atoms with Crippen LogP contribution in [0.15, 0.2) is 12.1 Å². The maximum absolute atomic E-state index is 12.9. The van der Waals surface area contributed by atoms with E-state index < -0.39 is 0 Å². The van der Waals surface area contributed by atoms with Gasteiger partial charge in [-0.1, -0.05) is 13.8 Å². The van der Waals surface area contributed by atoms with Gasteiger partial charge in [-0.2, -0.15) is 0 Å². The Balaban J connectivity index is 2.16. The van der Waals surface area contributed by atoms with Gasteiger partial charge in [-0.15, -0.1) is 0 Å². The van der Waals surface area contributed by atoms with Crippen LogP contribution in [0.1, 0.15) is 41.8 Å². The molecule has 5 heteroatoms. The second kappa shape index (κ2) is 7.69. The van der Waals surface area contributed by atoms with Crippen LogP contribution in [0.25, 0.3) is 0 Å². The van der Waals surface area contributed by atoms with Gasteiger partial charge in [0.1, 0.15) is 5.75 Å². The maximum atomic E-state index is 12.9. The smallest absolute Gasteiger partial charge is 0.257 e. The predicted octanol–water partition coefficient (Wildman–Crippen LogP) is 2.64. The number of ether oxygens (including phenoxy) is 1. The molecule has 1 aliphatic heterocycles. The van der Waals surface area contributed by atoms with Crippen molar-refractivity contribution < 1.29 is 14.3 Å². The molecular formula is C19H28N2O3. The molecule has 5 nitrogen and oxygen atoms in total. The molecule has 0 bridgehead atoms. The first kappa shape index (κ1) is 18.3. The lowest BCUT2D eigenvalue weighted by Gasteiger charge is -2.24. The molecule has 0 N–H and O–H groups in total. The fourth-order valence-corrected chi connectivity index (χ4v) is 3.00. The Morgan fingerprint density at radius 1 is 1.00 bits per heavy atom. The number of hydrogen-bond acceptors (Lipinski definition) is 3. The molecule has 1 aromatic carbocycles. The molecule has 0 spiro atoms. The minimum atomic E-state index is -0.0196. The molecule has 0 aliphatic carbocycles. The quantitative estimate of drug-likeness (QED) is 0.855. The number of nitrogens with zero attached hydrogens (tertiary/aromatic N) is 2. The molecule has 2 amide bonds. The van der Waals surface area contributed by atoms with E-state index in [1.165, 1.54) is 0 Å². The summed E-state index contributed by atoms with van der Waals surface area (Å²) in [6.07, 6.45) is 0.803. The number of benzene rings is 1. The standard InChI is InChI=1S/C19H28N2O3/c1-13(2)18(22)20-7-6-8-21(10-9-20)19(23)16-11-14(3)15(4)12-17(16)24-5/h11-13H,6-10H2,1-5H3. The number of rotatable bonds is 3. The van der Waals surface area contributed by atoms with E-state index in [4.69, 9.17) is 4.74 Å². The lowest BCUT2D eigenvalue weighted by atomic mass is 10.0. The topological polar surface area (TPSA) is 49.9 Å². The van der Waals surface area contributed by atoms with E-state index in [9.17, 15) is 9.59 Å². The SMILES string of the molecule is COc1cc(C)c(C)cc1C(=O)N1CCCN(C(=O)C(C)C)CC1. The highest BCUT2D eigenvalue weighted by molar-refractivity contribution is 5.97. The molecule has 1 fully saturated rings. The molecule has 1 aromatic rings. The van der Waals surface area contributed by atoms with Crippen LogP contribution in [0, 0.1) is 19.8 Å². The fraction of sp³-hybridized carbons (Fsp3) is 0.579. The predicted molar refractivity (Wildman–Crippen MR) is 94.4 cm³/mol. The van der Waals surface area contributed by atoms with Crippen LogP contribution < -0.4 is 4.74 Å². The number of carbonyl (C=O) groups is 2. The van der Waals surface area contributed by atoms with E-state index in [1.807, 2.05) is 49.6 Å². The van der Waals surface area contributed by atoms with Gasteiger partial charge in [0.25, 0.3) is 5.91 Å². The van der Waals surface area contributed by atoms with Gasteiger partial charge < -0.3 is 14.5 Å². The van der Waals surface area contributed by atoms with Crippen molar-refractivity contribution in [2.45, 2.75) is 34.1 Å². The van der Waals surface area contributed by atoms with Crippen LogP contribution in [0.5, 0.6) is 5.75 Å². The van der Waals surface area contributed by atoms with Crippen molar-refractivity contribution in [2.24, 2.45) is 5.92 Å². The van der Waals surface area contributed by atoms with Crippen LogP contribution in [0.3, 0.4) is 0 Å². The zero-order valence-corrected chi connectivity index (χ0v) is 15.4. The molecular weight excluding hydrogens is 304 g/mol. The molecule has 0 aromatic heterocycles. The van der Waals surface area contributed by atoms with Gasteiger partial charge in [-0.05, 0) is 43.5 Å². The number of methoxy groups -OCH3 is 1. The van der Waals surface area contributed by atoms with Crippen LogP contribution in [0.4, 0.5) is 0 Å². The Hall–Kier alpha value is -2.04. The highest BCUT2D eigenvalue weighted by atomic mass is 16.5. The third kappa shape index (κ3) is 3.89. The highest BCUT2D eigenvalue weighted by Gasteiger charge is 2.25. The van der Waals surface area contributed by atoms with Gasteiger partial charge >= 0.3 is 0 Å². The van der Waals surface area contributed by atoms with E-state index in [0.29, 0.717) is 37.5 Å². The Morgan fingerprint density at radius 3 is 2.21 bits per heavy atom. The van der Waals surface area contributed by atoms with Crippen molar-refractivity contribution in [1.29, 1.82) is 0 Å². The first-order valence-corrected chi connectivity index (χ1v) is 8.58.